The summed E-state index contributed by atoms with van der Waals surface area (Å²) in [4.78, 5) is 12.2. The minimum absolute atomic E-state index is 0.151. The molecule has 0 amide bonds. The van der Waals surface area contributed by atoms with Crippen molar-refractivity contribution in [3.8, 4) is 5.75 Å². The average molecular weight is 268 g/mol. The van der Waals surface area contributed by atoms with E-state index in [0.717, 1.165) is 18.4 Å². The summed E-state index contributed by atoms with van der Waals surface area (Å²) in [5.41, 5.74) is 3.06. The number of carbonyl (C=O) groups is 1. The number of ether oxygens (including phenoxy) is 1. The molecule has 20 heavy (non-hydrogen) atoms. The highest BCUT2D eigenvalue weighted by atomic mass is 16.5. The fourth-order valence-electron chi connectivity index (χ4n) is 2.26. The molecule has 0 aliphatic carbocycles. The van der Waals surface area contributed by atoms with Gasteiger partial charge in [-0.15, -0.1) is 0 Å². The lowest BCUT2D eigenvalue weighted by molar-refractivity contribution is 0.0977. The van der Waals surface area contributed by atoms with Gasteiger partial charge in [-0.05, 0) is 43.0 Å². The summed E-state index contributed by atoms with van der Waals surface area (Å²) in [5, 5.41) is 0. The van der Waals surface area contributed by atoms with Crippen LogP contribution in [0.5, 0.6) is 5.75 Å². The molecule has 0 aliphatic rings. The lowest BCUT2D eigenvalue weighted by atomic mass is 10.0. The molecule has 0 radical (unpaired) electrons. The lowest BCUT2D eigenvalue weighted by Gasteiger charge is -2.08. The van der Waals surface area contributed by atoms with Crippen LogP contribution < -0.4 is 4.74 Å². The molecule has 2 nitrogen and oxygen atoms in total. The predicted octanol–water partition coefficient (Wildman–Crippen LogP) is 4.21. The normalized spacial score (nSPS) is 10.3. The average Bonchev–Trinajstić information content (AvgIpc) is 2.48. The molecule has 104 valence electrons. The van der Waals surface area contributed by atoms with E-state index in [9.17, 15) is 4.79 Å². The molecule has 0 heterocycles. The first-order chi connectivity index (χ1) is 9.70. The molecule has 0 unspecified atom stereocenters. The molecule has 2 aromatic rings. The van der Waals surface area contributed by atoms with E-state index in [-0.39, 0.29) is 5.78 Å². The summed E-state index contributed by atoms with van der Waals surface area (Å²) in [6.07, 6.45) is 2.34. The number of hydrogen-bond donors (Lipinski definition) is 0. The van der Waals surface area contributed by atoms with Gasteiger partial charge in [0.05, 0.1) is 12.7 Å². The largest absolute Gasteiger partial charge is 0.496 e. The number of aryl methyl sites for hydroxylation is 2. The summed E-state index contributed by atoms with van der Waals surface area (Å²) in [6.45, 7) is 1.99. The van der Waals surface area contributed by atoms with E-state index < -0.39 is 0 Å². The molecule has 0 bridgehead atoms. The SMILES string of the molecule is COc1cc(C)ccc1C(=O)CCCc1ccccc1. The predicted molar refractivity (Wildman–Crippen MR) is 81.4 cm³/mol. The maximum absolute atomic E-state index is 12.2. The van der Waals surface area contributed by atoms with Crippen LogP contribution in [-0.2, 0) is 6.42 Å². The van der Waals surface area contributed by atoms with Crippen LogP contribution in [0, 0.1) is 6.92 Å². The van der Waals surface area contributed by atoms with Gasteiger partial charge >= 0.3 is 0 Å². The second-order valence-corrected chi connectivity index (χ2v) is 4.97. The van der Waals surface area contributed by atoms with E-state index >= 15 is 0 Å². The standard InChI is InChI=1S/C18H20O2/c1-14-11-12-16(18(13-14)20-2)17(19)10-6-9-15-7-4-3-5-8-15/h3-5,7-8,11-13H,6,9-10H2,1-2H3. The van der Waals surface area contributed by atoms with Crippen LogP contribution in [0.1, 0.15) is 34.3 Å². The molecule has 2 heteroatoms. The molecule has 2 rings (SSSR count). The second kappa shape index (κ2) is 6.90. The van der Waals surface area contributed by atoms with Gasteiger partial charge in [-0.1, -0.05) is 36.4 Å². The summed E-state index contributed by atoms with van der Waals surface area (Å²) in [6, 6.07) is 16.0. The van der Waals surface area contributed by atoms with E-state index in [4.69, 9.17) is 4.74 Å². The van der Waals surface area contributed by atoms with Crippen molar-refractivity contribution >= 4 is 5.78 Å². The van der Waals surface area contributed by atoms with Gasteiger partial charge in [-0.2, -0.15) is 0 Å². The number of benzene rings is 2. The van der Waals surface area contributed by atoms with Gasteiger partial charge in [0.15, 0.2) is 5.78 Å². The zero-order chi connectivity index (χ0) is 14.4. The van der Waals surface area contributed by atoms with Crippen molar-refractivity contribution in [2.45, 2.75) is 26.2 Å². The Bertz CT molecular complexity index is 573. The Morgan fingerprint density at radius 2 is 1.85 bits per heavy atom. The van der Waals surface area contributed by atoms with Crippen molar-refractivity contribution < 1.29 is 9.53 Å². The van der Waals surface area contributed by atoms with Crippen LogP contribution in [0.2, 0.25) is 0 Å². The van der Waals surface area contributed by atoms with Crippen molar-refractivity contribution in [3.63, 3.8) is 0 Å². The van der Waals surface area contributed by atoms with Crippen LogP contribution in [0.25, 0.3) is 0 Å². The highest BCUT2D eigenvalue weighted by molar-refractivity contribution is 5.98. The third-order valence-electron chi connectivity index (χ3n) is 3.37. The van der Waals surface area contributed by atoms with E-state index in [2.05, 4.69) is 12.1 Å². The lowest BCUT2D eigenvalue weighted by Crippen LogP contribution is -2.03. The first kappa shape index (κ1) is 14.3. The summed E-state index contributed by atoms with van der Waals surface area (Å²) >= 11 is 0. The van der Waals surface area contributed by atoms with Crippen molar-refractivity contribution in [1.82, 2.24) is 0 Å². The number of Topliss-reactive ketones (excluding diaryl/α,β-unsaturated/α-hetero) is 1. The summed E-state index contributed by atoms with van der Waals surface area (Å²) in [5.74, 6) is 0.826. The first-order valence-electron chi connectivity index (χ1n) is 6.92. The van der Waals surface area contributed by atoms with Gasteiger partial charge in [-0.25, -0.2) is 0 Å². The minimum atomic E-state index is 0.151. The molecule has 0 saturated heterocycles. The Hall–Kier alpha value is -2.09. The van der Waals surface area contributed by atoms with Crippen LogP contribution >= 0.6 is 0 Å². The Labute approximate surface area is 120 Å². The highest BCUT2D eigenvalue weighted by Crippen LogP contribution is 2.22. The molecule has 0 fully saturated rings. The second-order valence-electron chi connectivity index (χ2n) is 4.97. The molecule has 0 atom stereocenters. The zero-order valence-corrected chi connectivity index (χ0v) is 12.1. The van der Waals surface area contributed by atoms with Gasteiger partial charge in [0.25, 0.3) is 0 Å². The van der Waals surface area contributed by atoms with Crippen LogP contribution in [-0.4, -0.2) is 12.9 Å². The van der Waals surface area contributed by atoms with E-state index in [1.54, 1.807) is 7.11 Å². The van der Waals surface area contributed by atoms with E-state index in [0.29, 0.717) is 17.7 Å². The molecular weight excluding hydrogens is 248 g/mol. The first-order valence-corrected chi connectivity index (χ1v) is 6.92. The highest BCUT2D eigenvalue weighted by Gasteiger charge is 2.11. The molecule has 0 aliphatic heterocycles. The van der Waals surface area contributed by atoms with Gasteiger partial charge in [0.2, 0.25) is 0 Å². The van der Waals surface area contributed by atoms with Gasteiger partial charge < -0.3 is 4.74 Å². The van der Waals surface area contributed by atoms with Crippen LogP contribution in [0.3, 0.4) is 0 Å². The monoisotopic (exact) mass is 268 g/mol. The fourth-order valence-corrected chi connectivity index (χ4v) is 2.26. The molecule has 2 aromatic carbocycles. The van der Waals surface area contributed by atoms with E-state index in [1.165, 1.54) is 5.56 Å². The minimum Gasteiger partial charge on any atom is -0.496 e. The zero-order valence-electron chi connectivity index (χ0n) is 12.1. The number of hydrogen-bond acceptors (Lipinski definition) is 2. The molecule has 0 aromatic heterocycles. The van der Waals surface area contributed by atoms with Crippen LogP contribution in [0.15, 0.2) is 48.5 Å². The Kier molecular flexibility index (Phi) is 4.94. The number of rotatable bonds is 6. The third kappa shape index (κ3) is 3.70. The number of carbonyl (C=O) groups excluding carboxylic acids is 1. The van der Waals surface area contributed by atoms with E-state index in [1.807, 2.05) is 43.3 Å². The Balaban J connectivity index is 1.95. The molecule has 0 saturated carbocycles. The van der Waals surface area contributed by atoms with Crippen molar-refractivity contribution in [2.24, 2.45) is 0 Å². The number of ketones is 1. The topological polar surface area (TPSA) is 26.3 Å². The Morgan fingerprint density at radius 3 is 2.55 bits per heavy atom. The van der Waals surface area contributed by atoms with Crippen molar-refractivity contribution in [1.29, 1.82) is 0 Å². The van der Waals surface area contributed by atoms with Crippen molar-refractivity contribution in [2.75, 3.05) is 7.11 Å². The Morgan fingerprint density at radius 1 is 1.10 bits per heavy atom. The molecule has 0 spiro atoms. The van der Waals surface area contributed by atoms with Crippen molar-refractivity contribution in [3.05, 3.63) is 65.2 Å². The van der Waals surface area contributed by atoms with Gasteiger partial charge in [0, 0.05) is 6.42 Å². The molecular formula is C18H20O2. The van der Waals surface area contributed by atoms with Gasteiger partial charge in [0.1, 0.15) is 5.75 Å². The maximum Gasteiger partial charge on any atom is 0.166 e. The van der Waals surface area contributed by atoms with Gasteiger partial charge in [-0.3, -0.25) is 4.79 Å². The fraction of sp³-hybridized carbons (Fsp3) is 0.278. The van der Waals surface area contributed by atoms with Crippen LogP contribution in [0.4, 0.5) is 0 Å². The summed E-state index contributed by atoms with van der Waals surface area (Å²) in [7, 11) is 1.61. The summed E-state index contributed by atoms with van der Waals surface area (Å²) < 4.78 is 5.29. The molecule has 0 N–H and O–H groups in total. The number of methoxy groups -OCH3 is 1. The smallest absolute Gasteiger partial charge is 0.166 e. The third-order valence-corrected chi connectivity index (χ3v) is 3.37. The quantitative estimate of drug-likeness (QED) is 0.734. The maximum atomic E-state index is 12.2.